The number of allylic oxidation sites excluding steroid dienone is 1. The molecule has 5 heteroatoms. The van der Waals surface area contributed by atoms with Gasteiger partial charge in [-0.25, -0.2) is 13.1 Å². The van der Waals surface area contributed by atoms with Gasteiger partial charge in [0.25, 0.3) is 0 Å². The van der Waals surface area contributed by atoms with E-state index in [1.165, 1.54) is 67.0 Å². The predicted octanol–water partition coefficient (Wildman–Crippen LogP) is 16.2. The van der Waals surface area contributed by atoms with Gasteiger partial charge in [-0.15, -0.1) is 10.8 Å². The second-order valence-electron chi connectivity index (χ2n) is 19.6. The van der Waals surface area contributed by atoms with Crippen LogP contribution in [0, 0.1) is 20.0 Å². The van der Waals surface area contributed by atoms with Crippen LogP contribution in [0.4, 0.5) is 11.4 Å². The monoisotopic (exact) mass is 988 g/mol. The molecule has 6 aromatic rings. The summed E-state index contributed by atoms with van der Waals surface area (Å²) in [6.45, 7) is 28.2. The Hall–Kier alpha value is -4.27. The number of para-hydroxylation sites is 2. The quantitative estimate of drug-likeness (QED) is 0.111. The molecule has 0 spiro atoms. The molecule has 6 aromatic carbocycles. The summed E-state index contributed by atoms with van der Waals surface area (Å²) in [6.07, 6.45) is 7.63. The molecule has 2 atom stereocenters. The molecule has 0 aromatic heterocycles. The summed E-state index contributed by atoms with van der Waals surface area (Å²) >= 11 is -1.88. The van der Waals surface area contributed by atoms with Crippen molar-refractivity contribution in [3.8, 4) is 0 Å². The molecule has 1 aliphatic carbocycles. The number of anilines is 2. The number of rotatable bonds is 8. The van der Waals surface area contributed by atoms with Gasteiger partial charge in [0.1, 0.15) is 0 Å². The third-order valence-electron chi connectivity index (χ3n) is 13.7. The SMILES string of the molecule is CCc1cccc(C)c1N1[CH-]C(C)(c2ccccc2)CC1(C)C.CCc1cccc(CC)c1N1[CH-]C(C)(c2ccccc2)CC1(C)C.[Cl][Ru]([Cl])=[C]1C=C(c2ccccc2)c2ccccc21. The van der Waals surface area contributed by atoms with Crippen LogP contribution in [0.5, 0.6) is 0 Å². The first-order valence-corrected chi connectivity index (χ1v) is 28.7. The molecule has 2 unspecified atom stereocenters. The molecule has 0 saturated carbocycles. The number of benzene rings is 6. The van der Waals surface area contributed by atoms with Crippen molar-refractivity contribution < 1.29 is 13.5 Å². The zero-order valence-corrected chi connectivity index (χ0v) is 43.5. The van der Waals surface area contributed by atoms with Gasteiger partial charge < -0.3 is 9.80 Å². The van der Waals surface area contributed by atoms with E-state index in [4.69, 9.17) is 19.4 Å². The maximum atomic E-state index is 6.19. The van der Waals surface area contributed by atoms with Crippen molar-refractivity contribution in [2.45, 2.75) is 123 Å². The van der Waals surface area contributed by atoms with Crippen LogP contribution in [0.1, 0.15) is 125 Å². The van der Waals surface area contributed by atoms with Gasteiger partial charge in [-0.2, -0.15) is 0 Å². The summed E-state index contributed by atoms with van der Waals surface area (Å²) in [5, 5.41) is 0. The summed E-state index contributed by atoms with van der Waals surface area (Å²) in [5.41, 5.74) is 16.6. The molecule has 0 radical (unpaired) electrons. The number of fused-ring (bicyclic) bond motifs is 1. The molecule has 2 nitrogen and oxygen atoms in total. The molecule has 0 bridgehead atoms. The minimum atomic E-state index is -1.88. The Bertz CT molecular complexity index is 2610. The van der Waals surface area contributed by atoms with Crippen molar-refractivity contribution in [2.75, 3.05) is 9.80 Å². The van der Waals surface area contributed by atoms with Crippen LogP contribution < -0.4 is 9.80 Å². The summed E-state index contributed by atoms with van der Waals surface area (Å²) in [4.78, 5) is 5.10. The second kappa shape index (κ2) is 20.3. The van der Waals surface area contributed by atoms with Crippen LogP contribution in [0.25, 0.3) is 5.57 Å². The maximum absolute atomic E-state index is 6.19. The molecular weight excluding hydrogens is 921 g/mol. The average molecular weight is 989 g/mol. The van der Waals surface area contributed by atoms with Crippen molar-refractivity contribution in [3.05, 3.63) is 221 Å². The average Bonchev–Trinajstić information content (AvgIpc) is 3.92. The van der Waals surface area contributed by atoms with Crippen molar-refractivity contribution in [1.29, 1.82) is 0 Å². The first-order chi connectivity index (χ1) is 31.1. The molecule has 2 fully saturated rings. The zero-order valence-electron chi connectivity index (χ0n) is 40.2. The Morgan fingerprint density at radius 2 is 0.892 bits per heavy atom. The number of aryl methyl sites for hydroxylation is 4. The van der Waals surface area contributed by atoms with Crippen LogP contribution in [0.15, 0.2) is 158 Å². The normalized spacial score (nSPS) is 20.6. The van der Waals surface area contributed by atoms with Gasteiger partial charge in [0.15, 0.2) is 0 Å². The van der Waals surface area contributed by atoms with Gasteiger partial charge in [-0.3, -0.25) is 0 Å². The van der Waals surface area contributed by atoms with Crippen molar-refractivity contribution in [2.24, 2.45) is 0 Å². The Labute approximate surface area is 405 Å². The van der Waals surface area contributed by atoms with Gasteiger partial charge in [0, 0.05) is 22.5 Å². The zero-order chi connectivity index (χ0) is 46.6. The number of nitrogens with zero attached hydrogens (tertiary/aromatic N) is 2. The summed E-state index contributed by atoms with van der Waals surface area (Å²) in [5.74, 6) is 0. The van der Waals surface area contributed by atoms with Crippen LogP contribution in [-0.2, 0) is 43.6 Å². The van der Waals surface area contributed by atoms with E-state index in [1.807, 2.05) is 24.3 Å². The van der Waals surface area contributed by atoms with Crippen molar-refractivity contribution >= 4 is 40.4 Å². The number of halogens is 2. The molecule has 2 aliphatic heterocycles. The third-order valence-corrected chi connectivity index (χ3v) is 16.8. The van der Waals surface area contributed by atoms with E-state index in [-0.39, 0.29) is 21.9 Å². The van der Waals surface area contributed by atoms with E-state index in [1.54, 1.807) is 0 Å². The molecule has 65 heavy (non-hydrogen) atoms. The first-order valence-electron chi connectivity index (χ1n) is 23.4. The predicted molar refractivity (Wildman–Crippen MR) is 280 cm³/mol. The summed E-state index contributed by atoms with van der Waals surface area (Å²) in [7, 11) is 12.4. The van der Waals surface area contributed by atoms with Crippen LogP contribution >= 0.6 is 19.4 Å². The molecule has 9 rings (SSSR count). The van der Waals surface area contributed by atoms with E-state index in [2.05, 4.69) is 226 Å². The van der Waals surface area contributed by atoms with Gasteiger partial charge in [-0.1, -0.05) is 143 Å². The topological polar surface area (TPSA) is 6.48 Å². The minimum absolute atomic E-state index is 0.0800. The summed E-state index contributed by atoms with van der Waals surface area (Å²) < 4.78 is 1.12. The Morgan fingerprint density at radius 1 is 0.492 bits per heavy atom. The van der Waals surface area contributed by atoms with Crippen molar-refractivity contribution in [3.63, 3.8) is 0 Å². The van der Waals surface area contributed by atoms with Gasteiger partial charge >= 0.3 is 120 Å². The molecule has 0 amide bonds. The fourth-order valence-electron chi connectivity index (χ4n) is 10.7. The molecule has 3 aliphatic rings. The fourth-order valence-corrected chi connectivity index (χ4v) is 13.2. The van der Waals surface area contributed by atoms with Gasteiger partial charge in [0.2, 0.25) is 0 Å². The van der Waals surface area contributed by atoms with Crippen LogP contribution in [-0.4, -0.2) is 15.2 Å². The van der Waals surface area contributed by atoms with E-state index in [0.29, 0.717) is 0 Å². The molecule has 2 saturated heterocycles. The molecule has 342 valence electrons. The molecular formula is C60H68Cl2N2Ru-2. The van der Waals surface area contributed by atoms with E-state index >= 15 is 0 Å². The third kappa shape index (κ3) is 10.3. The second-order valence-corrected chi connectivity index (χ2v) is 25.4. The van der Waals surface area contributed by atoms with E-state index in [9.17, 15) is 0 Å². The number of hydrogen-bond donors (Lipinski definition) is 0. The van der Waals surface area contributed by atoms with Gasteiger partial charge in [0.05, 0.1) is 0 Å². The van der Waals surface area contributed by atoms with Crippen LogP contribution in [0.3, 0.4) is 0 Å². The van der Waals surface area contributed by atoms with E-state index in [0.717, 1.165) is 36.2 Å². The standard InChI is InChI=1S/C23H30N.C22H28N.C15H10.2ClH.Ru/c1-6-18-12-11-13-19(7-2)21(18)24-17-23(5,16-22(24,3)4)20-14-9-8-10-15-20;1-6-18-12-10-11-17(2)20(18)23-16-22(5,15-21(23,3)4)19-13-8-7-9-14-19;1-2-6-12(7-3-1)15-11-10-13-8-4-5-9-14(13)15;;;/h8-15,17H,6-7,16H2,1-5H3;7-14,16H,6,15H2,1-5H3;1-9,11H;2*1H;/q2*-1;;;;+2/p-2. The van der Waals surface area contributed by atoms with Gasteiger partial charge in [-0.05, 0) is 89.0 Å². The Balaban J connectivity index is 0.000000147. The van der Waals surface area contributed by atoms with Crippen LogP contribution in [0.2, 0.25) is 0 Å². The summed E-state index contributed by atoms with van der Waals surface area (Å²) in [6, 6.07) is 54.0. The van der Waals surface area contributed by atoms with Crippen molar-refractivity contribution in [1.82, 2.24) is 0 Å². The number of hydrogen-bond acceptors (Lipinski definition) is 2. The Morgan fingerprint density at radius 3 is 1.35 bits per heavy atom. The van der Waals surface area contributed by atoms with E-state index < -0.39 is 13.5 Å². The molecule has 2 heterocycles. The first kappa shape index (κ1) is 48.7. The molecule has 0 N–H and O–H groups in total. The Kier molecular flexibility index (Phi) is 15.2. The fraction of sp³-hybridized carbons (Fsp3) is 0.317.